The Labute approximate surface area is 119 Å². The second kappa shape index (κ2) is 5.45. The van der Waals surface area contributed by atoms with Crippen LogP contribution < -0.4 is 10.1 Å². The van der Waals surface area contributed by atoms with Crippen molar-refractivity contribution >= 4 is 5.69 Å². The topological polar surface area (TPSA) is 41.5 Å². The van der Waals surface area contributed by atoms with Gasteiger partial charge in [-0.25, -0.2) is 0 Å². The molecule has 0 spiro atoms. The summed E-state index contributed by atoms with van der Waals surface area (Å²) in [5.41, 5.74) is 3.85. The predicted octanol–water partition coefficient (Wildman–Crippen LogP) is 3.37. The number of anilines is 1. The maximum atomic E-state index is 9.31. The van der Waals surface area contributed by atoms with E-state index < -0.39 is 0 Å². The summed E-state index contributed by atoms with van der Waals surface area (Å²) in [6.45, 7) is 0. The van der Waals surface area contributed by atoms with Crippen molar-refractivity contribution in [1.82, 2.24) is 0 Å². The third-order valence-corrected chi connectivity index (χ3v) is 3.88. The number of hydrogen-bond acceptors (Lipinski definition) is 3. The molecule has 20 heavy (non-hydrogen) atoms. The van der Waals surface area contributed by atoms with E-state index in [4.69, 9.17) is 4.74 Å². The van der Waals surface area contributed by atoms with E-state index in [1.807, 2.05) is 18.2 Å². The van der Waals surface area contributed by atoms with Crippen LogP contribution in [0.5, 0.6) is 11.5 Å². The number of aromatic hydroxyl groups is 1. The van der Waals surface area contributed by atoms with Gasteiger partial charge in [0.15, 0.2) is 0 Å². The van der Waals surface area contributed by atoms with Crippen LogP contribution in [0, 0.1) is 0 Å². The Kier molecular flexibility index (Phi) is 3.50. The van der Waals surface area contributed by atoms with Crippen molar-refractivity contribution in [3.05, 3.63) is 53.6 Å². The van der Waals surface area contributed by atoms with E-state index in [1.165, 1.54) is 11.1 Å². The van der Waals surface area contributed by atoms with E-state index in [2.05, 4.69) is 17.4 Å². The van der Waals surface area contributed by atoms with Gasteiger partial charge in [0.25, 0.3) is 0 Å². The summed E-state index contributed by atoms with van der Waals surface area (Å²) in [5.74, 6) is 1.23. The molecule has 104 valence electrons. The Bertz CT molecular complexity index is 592. The van der Waals surface area contributed by atoms with E-state index in [0.717, 1.165) is 30.7 Å². The molecule has 2 aromatic carbocycles. The molecule has 0 aromatic heterocycles. The lowest BCUT2D eigenvalue weighted by Crippen LogP contribution is -2.27. The Morgan fingerprint density at radius 1 is 1.10 bits per heavy atom. The second-order valence-corrected chi connectivity index (χ2v) is 5.27. The first kappa shape index (κ1) is 12.9. The van der Waals surface area contributed by atoms with Gasteiger partial charge in [0.2, 0.25) is 0 Å². The summed E-state index contributed by atoms with van der Waals surface area (Å²) in [6.07, 6.45) is 3.22. The third kappa shape index (κ3) is 2.72. The van der Waals surface area contributed by atoms with Gasteiger partial charge >= 0.3 is 0 Å². The molecule has 0 fully saturated rings. The van der Waals surface area contributed by atoms with Gasteiger partial charge in [0.05, 0.1) is 7.11 Å². The molecule has 0 aliphatic heterocycles. The normalized spacial score (nSPS) is 17.4. The summed E-state index contributed by atoms with van der Waals surface area (Å²) in [5, 5.41) is 12.8. The molecule has 0 heterocycles. The molecule has 3 nitrogen and oxygen atoms in total. The van der Waals surface area contributed by atoms with Crippen LogP contribution in [0.3, 0.4) is 0 Å². The number of benzene rings is 2. The number of phenolic OH excluding ortho intramolecular Hbond substituents is 1. The number of nitrogens with one attached hydrogen (secondary N) is 1. The maximum Gasteiger partial charge on any atom is 0.119 e. The Morgan fingerprint density at radius 2 is 1.90 bits per heavy atom. The molecule has 1 aliphatic rings. The highest BCUT2D eigenvalue weighted by Crippen LogP contribution is 2.27. The highest BCUT2D eigenvalue weighted by Gasteiger charge is 2.18. The Hall–Kier alpha value is -2.16. The second-order valence-electron chi connectivity index (χ2n) is 5.27. The lowest BCUT2D eigenvalue weighted by molar-refractivity contribution is 0.413. The summed E-state index contributed by atoms with van der Waals surface area (Å²) in [4.78, 5) is 0. The lowest BCUT2D eigenvalue weighted by atomic mass is 9.88. The number of fused-ring (bicyclic) bond motifs is 1. The number of phenols is 1. The number of aryl methyl sites for hydroxylation is 1. The Balaban J connectivity index is 1.73. The molecule has 0 saturated carbocycles. The average molecular weight is 269 g/mol. The molecule has 3 rings (SSSR count). The van der Waals surface area contributed by atoms with Crippen molar-refractivity contribution in [2.45, 2.75) is 25.3 Å². The highest BCUT2D eigenvalue weighted by molar-refractivity contribution is 5.48. The minimum absolute atomic E-state index is 0.300. The van der Waals surface area contributed by atoms with Gasteiger partial charge in [-0.3, -0.25) is 0 Å². The monoisotopic (exact) mass is 269 g/mol. The van der Waals surface area contributed by atoms with Gasteiger partial charge in [0, 0.05) is 11.7 Å². The van der Waals surface area contributed by atoms with Crippen LogP contribution in [0.25, 0.3) is 0 Å². The summed E-state index contributed by atoms with van der Waals surface area (Å²) in [6, 6.07) is 14.0. The van der Waals surface area contributed by atoms with Crippen LogP contribution in [0.15, 0.2) is 42.5 Å². The largest absolute Gasteiger partial charge is 0.508 e. The predicted molar refractivity (Wildman–Crippen MR) is 80.5 cm³/mol. The zero-order chi connectivity index (χ0) is 13.9. The van der Waals surface area contributed by atoms with Crippen molar-refractivity contribution in [3.8, 4) is 11.5 Å². The quantitative estimate of drug-likeness (QED) is 0.839. The van der Waals surface area contributed by atoms with E-state index in [-0.39, 0.29) is 0 Å². The molecular weight excluding hydrogens is 250 g/mol. The molecule has 0 saturated heterocycles. The highest BCUT2D eigenvalue weighted by atomic mass is 16.5. The van der Waals surface area contributed by atoms with Crippen molar-refractivity contribution in [1.29, 1.82) is 0 Å². The fourth-order valence-corrected chi connectivity index (χ4v) is 2.78. The summed E-state index contributed by atoms with van der Waals surface area (Å²) in [7, 11) is 1.71. The summed E-state index contributed by atoms with van der Waals surface area (Å²) >= 11 is 0. The molecule has 0 radical (unpaired) electrons. The van der Waals surface area contributed by atoms with Crippen LogP contribution in [-0.2, 0) is 12.8 Å². The lowest BCUT2D eigenvalue weighted by Gasteiger charge is -2.26. The van der Waals surface area contributed by atoms with Crippen molar-refractivity contribution in [3.63, 3.8) is 0 Å². The summed E-state index contributed by atoms with van der Waals surface area (Å²) < 4.78 is 5.30. The minimum Gasteiger partial charge on any atom is -0.508 e. The number of rotatable bonds is 3. The van der Waals surface area contributed by atoms with Gasteiger partial charge in [-0.1, -0.05) is 6.07 Å². The van der Waals surface area contributed by atoms with Gasteiger partial charge in [-0.15, -0.1) is 0 Å². The smallest absolute Gasteiger partial charge is 0.119 e. The van der Waals surface area contributed by atoms with Crippen LogP contribution in [0.4, 0.5) is 5.69 Å². The van der Waals surface area contributed by atoms with Gasteiger partial charge in [0.1, 0.15) is 11.5 Å². The van der Waals surface area contributed by atoms with Crippen LogP contribution in [0.1, 0.15) is 17.5 Å². The third-order valence-electron chi connectivity index (χ3n) is 3.88. The minimum atomic E-state index is 0.300. The fourth-order valence-electron chi connectivity index (χ4n) is 2.78. The zero-order valence-corrected chi connectivity index (χ0v) is 11.6. The fraction of sp³-hybridized carbons (Fsp3) is 0.294. The van der Waals surface area contributed by atoms with E-state index in [1.54, 1.807) is 19.2 Å². The number of ether oxygens (including phenoxy) is 1. The first-order valence-electron chi connectivity index (χ1n) is 6.96. The van der Waals surface area contributed by atoms with Crippen molar-refractivity contribution in [2.24, 2.45) is 0 Å². The molecule has 2 N–H and O–H groups in total. The number of hydrogen-bond donors (Lipinski definition) is 2. The Morgan fingerprint density at radius 3 is 2.65 bits per heavy atom. The van der Waals surface area contributed by atoms with Crippen molar-refractivity contribution < 1.29 is 9.84 Å². The zero-order valence-electron chi connectivity index (χ0n) is 11.6. The van der Waals surface area contributed by atoms with Crippen LogP contribution in [-0.4, -0.2) is 18.3 Å². The molecule has 1 atom stereocenters. The maximum absolute atomic E-state index is 9.31. The first-order valence-corrected chi connectivity index (χ1v) is 6.96. The van der Waals surface area contributed by atoms with E-state index in [0.29, 0.717) is 11.8 Å². The van der Waals surface area contributed by atoms with Gasteiger partial charge in [-0.2, -0.15) is 0 Å². The first-order chi connectivity index (χ1) is 9.74. The van der Waals surface area contributed by atoms with E-state index >= 15 is 0 Å². The molecular formula is C17H19NO2. The molecule has 3 heteroatoms. The average Bonchev–Trinajstić information content (AvgIpc) is 2.49. The molecule has 2 aromatic rings. The SMILES string of the molecule is COc1ccc2c(c1)CC(Nc1ccc(O)cc1)CC2. The van der Waals surface area contributed by atoms with Gasteiger partial charge < -0.3 is 15.2 Å². The van der Waals surface area contributed by atoms with Crippen LogP contribution in [0.2, 0.25) is 0 Å². The molecule has 0 amide bonds. The number of methoxy groups -OCH3 is 1. The molecule has 0 bridgehead atoms. The molecule has 1 unspecified atom stereocenters. The standard InChI is InChI=1S/C17H19NO2/c1-20-17-9-3-12-2-4-15(10-13(12)11-17)18-14-5-7-16(19)8-6-14/h3,5-9,11,15,18-19H,2,4,10H2,1H3. The van der Waals surface area contributed by atoms with Gasteiger partial charge in [-0.05, 0) is 66.8 Å². The van der Waals surface area contributed by atoms with Crippen molar-refractivity contribution in [2.75, 3.05) is 12.4 Å². The van der Waals surface area contributed by atoms with E-state index in [9.17, 15) is 5.11 Å². The van der Waals surface area contributed by atoms with Crippen LogP contribution >= 0.6 is 0 Å². The molecule has 1 aliphatic carbocycles.